The maximum Gasteiger partial charge on any atom is 0.319 e. The van der Waals surface area contributed by atoms with Gasteiger partial charge in [0.2, 0.25) is 0 Å². The van der Waals surface area contributed by atoms with Crippen LogP contribution in [0, 0.1) is 5.92 Å². The average Bonchev–Trinajstić information content (AvgIpc) is 3.46. The molecule has 0 spiro atoms. The van der Waals surface area contributed by atoms with Gasteiger partial charge in [-0.25, -0.2) is 13.6 Å². The molecular formula is C25H29F2N5O3S. The van der Waals surface area contributed by atoms with Crippen LogP contribution in [0.2, 0.25) is 0 Å². The second-order valence-corrected chi connectivity index (χ2v) is 9.01. The Kier molecular flexibility index (Phi) is 9.45. The van der Waals surface area contributed by atoms with Crippen molar-refractivity contribution in [1.29, 1.82) is 0 Å². The number of likely N-dealkylation sites (tertiary alicyclic amines) is 1. The maximum absolute atomic E-state index is 14.1. The zero-order valence-corrected chi connectivity index (χ0v) is 20.9. The first-order valence-electron chi connectivity index (χ1n) is 11.3. The summed E-state index contributed by atoms with van der Waals surface area (Å²) in [5.74, 6) is -3.10. The highest BCUT2D eigenvalue weighted by Gasteiger charge is 2.35. The van der Waals surface area contributed by atoms with Gasteiger partial charge in [0.15, 0.2) is 11.7 Å². The van der Waals surface area contributed by atoms with Crippen LogP contribution < -0.4 is 16.4 Å². The topological polar surface area (TPSA) is 110 Å². The number of nitrogens with two attached hydrogens (primary N) is 1. The average molecular weight is 518 g/mol. The number of ether oxygens (including phenoxy) is 1. The number of hydrogen-bond donors (Lipinski definition) is 3. The molecule has 4 N–H and O–H groups in total. The number of hydrogen-bond acceptors (Lipinski definition) is 6. The van der Waals surface area contributed by atoms with E-state index in [0.717, 1.165) is 23.7 Å². The summed E-state index contributed by atoms with van der Waals surface area (Å²) in [6.45, 7) is 7.29. The molecule has 0 aliphatic carbocycles. The molecular weight excluding hydrogens is 488 g/mol. The molecule has 2 atom stereocenters. The molecule has 192 valence electrons. The van der Waals surface area contributed by atoms with Crippen LogP contribution in [0.3, 0.4) is 0 Å². The first kappa shape index (κ1) is 27.2. The third-order valence-electron chi connectivity index (χ3n) is 5.80. The number of benzene rings is 1. The number of aromatic nitrogens is 1. The lowest BCUT2D eigenvalue weighted by molar-refractivity contribution is 0.100. The van der Waals surface area contributed by atoms with E-state index in [1.165, 1.54) is 6.92 Å². The molecule has 0 radical (unpaired) electrons. The molecule has 3 rings (SSSR count). The number of carbonyl (C=O) groups is 2. The lowest BCUT2D eigenvalue weighted by Gasteiger charge is -2.21. The van der Waals surface area contributed by atoms with E-state index in [-0.39, 0.29) is 16.5 Å². The van der Waals surface area contributed by atoms with Gasteiger partial charge in [-0.05, 0) is 36.2 Å². The summed E-state index contributed by atoms with van der Waals surface area (Å²) in [6.07, 6.45) is 2.07. The van der Waals surface area contributed by atoms with Crippen molar-refractivity contribution in [3.05, 3.63) is 71.2 Å². The van der Waals surface area contributed by atoms with Crippen molar-refractivity contribution in [2.45, 2.75) is 13.0 Å². The number of methoxy groups -OCH3 is 1. The molecule has 1 saturated heterocycles. The smallest absolute Gasteiger partial charge is 0.319 e. The number of anilines is 1. The van der Waals surface area contributed by atoms with E-state index in [0.29, 0.717) is 43.1 Å². The highest BCUT2D eigenvalue weighted by molar-refractivity contribution is 7.09. The van der Waals surface area contributed by atoms with Crippen LogP contribution in [0.5, 0.6) is 0 Å². The van der Waals surface area contributed by atoms with Crippen molar-refractivity contribution in [2.24, 2.45) is 11.7 Å². The number of allylic oxidation sites excluding steroid dienone is 4. The predicted octanol–water partition coefficient (Wildman–Crippen LogP) is 4.26. The van der Waals surface area contributed by atoms with Crippen molar-refractivity contribution in [1.82, 2.24) is 14.6 Å². The van der Waals surface area contributed by atoms with Crippen molar-refractivity contribution in [2.75, 3.05) is 38.7 Å². The number of halogens is 2. The molecule has 2 aromatic rings. The van der Waals surface area contributed by atoms with Crippen LogP contribution in [0.25, 0.3) is 11.3 Å². The summed E-state index contributed by atoms with van der Waals surface area (Å²) >= 11 is 0.897. The minimum atomic E-state index is -1.02. The molecule has 2 heterocycles. The van der Waals surface area contributed by atoms with E-state index in [2.05, 4.69) is 21.6 Å². The van der Waals surface area contributed by atoms with E-state index in [4.69, 9.17) is 10.5 Å². The minimum Gasteiger partial charge on any atom is -0.383 e. The maximum atomic E-state index is 14.1. The van der Waals surface area contributed by atoms with E-state index >= 15 is 0 Å². The lowest BCUT2D eigenvalue weighted by atomic mass is 9.94. The van der Waals surface area contributed by atoms with Crippen molar-refractivity contribution < 1.29 is 23.1 Å². The van der Waals surface area contributed by atoms with Gasteiger partial charge < -0.3 is 21.1 Å². The second kappa shape index (κ2) is 12.5. The Morgan fingerprint density at radius 3 is 2.64 bits per heavy atom. The fourth-order valence-corrected chi connectivity index (χ4v) is 4.68. The Balaban J connectivity index is 1.82. The third kappa shape index (κ3) is 6.62. The number of rotatable bonds is 10. The number of primary amides is 1. The van der Waals surface area contributed by atoms with E-state index in [1.807, 2.05) is 23.1 Å². The van der Waals surface area contributed by atoms with Crippen LogP contribution in [0.4, 0.5) is 19.3 Å². The third-order valence-corrected chi connectivity index (χ3v) is 6.66. The standard InChI is InChI=1S/C25H29F2N5O3S/c1-4-18(26)19(27)12-15(2)17-13-32(10-11-35-3)14-20(17)29-25(34)30-22-21(16-8-6-5-7-9-16)31-36-23(22)24(28)33/h4-9,12,17,20H,2,10-11,13-14H2,1,3H3,(H2,28,33)(H2,29,30,34). The second-order valence-electron chi connectivity index (χ2n) is 8.23. The quantitative estimate of drug-likeness (QED) is 0.408. The van der Waals surface area contributed by atoms with Gasteiger partial charge in [0.1, 0.15) is 10.6 Å². The van der Waals surface area contributed by atoms with Gasteiger partial charge in [0.25, 0.3) is 5.91 Å². The zero-order chi connectivity index (χ0) is 26.2. The summed E-state index contributed by atoms with van der Waals surface area (Å²) in [5, 5.41) is 5.60. The molecule has 36 heavy (non-hydrogen) atoms. The van der Waals surface area contributed by atoms with Crippen LogP contribution in [0.15, 0.2) is 66.3 Å². The van der Waals surface area contributed by atoms with Crippen molar-refractivity contribution in [3.63, 3.8) is 0 Å². The molecule has 11 heteroatoms. The minimum absolute atomic E-state index is 0.116. The SMILES string of the molecule is C=C(C=C(F)C(F)=CC)C1CN(CCOC)CC1NC(=O)Nc1c(-c2ccccc2)nsc1C(N)=O. The molecule has 1 fully saturated rings. The van der Waals surface area contributed by atoms with Gasteiger partial charge in [0, 0.05) is 38.2 Å². The number of nitrogens with zero attached hydrogens (tertiary/aromatic N) is 2. The summed E-state index contributed by atoms with van der Waals surface area (Å²) in [7, 11) is 1.59. The Morgan fingerprint density at radius 1 is 1.28 bits per heavy atom. The fourth-order valence-electron chi connectivity index (χ4n) is 3.97. The summed E-state index contributed by atoms with van der Waals surface area (Å²) in [4.78, 5) is 27.2. The van der Waals surface area contributed by atoms with E-state index in [9.17, 15) is 18.4 Å². The highest BCUT2D eigenvalue weighted by Crippen LogP contribution is 2.33. The van der Waals surface area contributed by atoms with Gasteiger partial charge in [0.05, 0.1) is 18.3 Å². The van der Waals surface area contributed by atoms with Gasteiger partial charge in [-0.3, -0.25) is 9.69 Å². The Hall–Kier alpha value is -3.41. The molecule has 0 bridgehead atoms. The molecule has 3 amide bonds. The Bertz CT molecular complexity index is 1170. The van der Waals surface area contributed by atoms with Crippen molar-refractivity contribution in [3.8, 4) is 11.3 Å². The zero-order valence-electron chi connectivity index (χ0n) is 20.1. The molecule has 1 aliphatic heterocycles. The molecule has 8 nitrogen and oxygen atoms in total. The van der Waals surface area contributed by atoms with Gasteiger partial charge in [-0.1, -0.05) is 36.9 Å². The van der Waals surface area contributed by atoms with E-state index < -0.39 is 29.6 Å². The lowest BCUT2D eigenvalue weighted by Crippen LogP contribution is -2.43. The number of carbonyl (C=O) groups excluding carboxylic acids is 2. The normalized spacial score (nSPS) is 18.8. The number of amides is 3. The fraction of sp³-hybridized carbons (Fsp3) is 0.320. The first-order valence-corrected chi connectivity index (χ1v) is 12.0. The van der Waals surface area contributed by atoms with Gasteiger partial charge in [-0.15, -0.1) is 0 Å². The Labute approximate surface area is 212 Å². The van der Waals surface area contributed by atoms with Crippen LogP contribution in [-0.2, 0) is 4.74 Å². The predicted molar refractivity (Wildman–Crippen MR) is 137 cm³/mol. The largest absolute Gasteiger partial charge is 0.383 e. The Morgan fingerprint density at radius 2 is 2.00 bits per heavy atom. The highest BCUT2D eigenvalue weighted by atomic mass is 32.1. The summed E-state index contributed by atoms with van der Waals surface area (Å²) in [5.41, 5.74) is 7.19. The molecule has 0 saturated carbocycles. The van der Waals surface area contributed by atoms with Crippen LogP contribution in [0.1, 0.15) is 16.6 Å². The first-order chi connectivity index (χ1) is 17.2. The van der Waals surface area contributed by atoms with Crippen LogP contribution in [-0.4, -0.2) is 60.6 Å². The summed E-state index contributed by atoms with van der Waals surface area (Å²) in [6, 6.07) is 8.03. The number of nitrogens with one attached hydrogen (secondary N) is 2. The molecule has 2 unspecified atom stereocenters. The molecule has 1 aromatic carbocycles. The molecule has 1 aromatic heterocycles. The number of urea groups is 1. The summed E-state index contributed by atoms with van der Waals surface area (Å²) < 4.78 is 37.2. The van der Waals surface area contributed by atoms with Gasteiger partial charge in [-0.2, -0.15) is 4.37 Å². The van der Waals surface area contributed by atoms with E-state index in [1.54, 1.807) is 19.2 Å². The van der Waals surface area contributed by atoms with Crippen LogP contribution >= 0.6 is 11.5 Å². The monoisotopic (exact) mass is 517 g/mol. The molecule has 1 aliphatic rings. The van der Waals surface area contributed by atoms with Gasteiger partial charge >= 0.3 is 6.03 Å². The van der Waals surface area contributed by atoms with Crippen molar-refractivity contribution >= 4 is 29.2 Å².